The Morgan fingerprint density at radius 2 is 2.27 bits per heavy atom. The number of hydrogen-bond acceptors (Lipinski definition) is 3. The Hall–Kier alpha value is -0.380. The van der Waals surface area contributed by atoms with Crippen molar-refractivity contribution < 1.29 is 5.11 Å². The summed E-state index contributed by atoms with van der Waals surface area (Å²) in [5.74, 6) is 0.518. The summed E-state index contributed by atoms with van der Waals surface area (Å²) in [7, 11) is 0. The molecule has 2 heterocycles. The van der Waals surface area contributed by atoms with Gasteiger partial charge in [-0.15, -0.1) is 0 Å². The third kappa shape index (κ3) is 3.30. The van der Waals surface area contributed by atoms with E-state index in [9.17, 15) is 5.11 Å². The molecule has 0 amide bonds. The number of hydrogen-bond donors (Lipinski definition) is 2. The first-order valence-electron chi connectivity index (χ1n) is 5.76. The highest BCUT2D eigenvalue weighted by molar-refractivity contribution is 7.07. The van der Waals surface area contributed by atoms with Gasteiger partial charge in [-0.2, -0.15) is 11.3 Å². The zero-order valence-electron chi connectivity index (χ0n) is 8.98. The summed E-state index contributed by atoms with van der Waals surface area (Å²) in [6.45, 7) is 2.14. The maximum absolute atomic E-state index is 10.0. The number of aryl methyl sites for hydroxylation is 1. The van der Waals surface area contributed by atoms with Crippen molar-refractivity contribution in [1.29, 1.82) is 0 Å². The summed E-state index contributed by atoms with van der Waals surface area (Å²) < 4.78 is 0. The molecule has 1 saturated heterocycles. The fourth-order valence-electron chi connectivity index (χ4n) is 2.21. The number of aliphatic hydroxyl groups is 1. The van der Waals surface area contributed by atoms with E-state index in [2.05, 4.69) is 22.1 Å². The molecule has 1 aromatic heterocycles. The summed E-state index contributed by atoms with van der Waals surface area (Å²) in [5, 5.41) is 17.7. The van der Waals surface area contributed by atoms with Crippen LogP contribution in [0.1, 0.15) is 24.8 Å². The molecule has 2 rings (SSSR count). The minimum atomic E-state index is -0.105. The van der Waals surface area contributed by atoms with E-state index in [4.69, 9.17) is 0 Å². The van der Waals surface area contributed by atoms with Gasteiger partial charge < -0.3 is 10.4 Å². The molecule has 1 atom stereocenters. The van der Waals surface area contributed by atoms with E-state index in [-0.39, 0.29) is 6.10 Å². The van der Waals surface area contributed by atoms with E-state index >= 15 is 0 Å². The number of piperidine rings is 1. The third-order valence-electron chi connectivity index (χ3n) is 3.24. The Labute approximate surface area is 95.3 Å². The molecule has 84 valence electrons. The predicted molar refractivity (Wildman–Crippen MR) is 64.2 cm³/mol. The molecule has 0 saturated carbocycles. The molecule has 0 bridgehead atoms. The fourth-order valence-corrected chi connectivity index (χ4v) is 2.92. The van der Waals surface area contributed by atoms with E-state index < -0.39 is 0 Å². The van der Waals surface area contributed by atoms with Crippen molar-refractivity contribution in [3.05, 3.63) is 22.4 Å². The number of thiophene rings is 1. The van der Waals surface area contributed by atoms with Crippen LogP contribution in [0.2, 0.25) is 0 Å². The monoisotopic (exact) mass is 225 g/mol. The van der Waals surface area contributed by atoms with E-state index in [1.54, 1.807) is 11.3 Å². The lowest BCUT2D eigenvalue weighted by Gasteiger charge is -2.27. The summed E-state index contributed by atoms with van der Waals surface area (Å²) in [5.41, 5.74) is 1.37. The average Bonchev–Trinajstić information content (AvgIpc) is 2.80. The van der Waals surface area contributed by atoms with Gasteiger partial charge in [0.15, 0.2) is 0 Å². The number of rotatable bonds is 4. The summed E-state index contributed by atoms with van der Waals surface area (Å²) in [6.07, 6.45) is 4.10. The van der Waals surface area contributed by atoms with Crippen LogP contribution in [0, 0.1) is 5.92 Å². The van der Waals surface area contributed by atoms with Gasteiger partial charge in [-0.1, -0.05) is 0 Å². The van der Waals surface area contributed by atoms with Gasteiger partial charge in [0.2, 0.25) is 0 Å². The van der Waals surface area contributed by atoms with Crippen molar-refractivity contribution in [2.75, 3.05) is 13.1 Å². The van der Waals surface area contributed by atoms with E-state index in [0.717, 1.165) is 38.8 Å². The smallest absolute Gasteiger partial charge is 0.0572 e. The minimum Gasteiger partial charge on any atom is -0.393 e. The zero-order valence-corrected chi connectivity index (χ0v) is 9.80. The van der Waals surface area contributed by atoms with Crippen molar-refractivity contribution in [2.24, 2.45) is 5.92 Å². The highest BCUT2D eigenvalue weighted by atomic mass is 32.1. The molecule has 1 aliphatic rings. The van der Waals surface area contributed by atoms with Crippen LogP contribution in [-0.2, 0) is 6.42 Å². The summed E-state index contributed by atoms with van der Waals surface area (Å²) in [6, 6.07) is 2.15. The van der Waals surface area contributed by atoms with Gasteiger partial charge in [-0.25, -0.2) is 0 Å². The van der Waals surface area contributed by atoms with Gasteiger partial charge in [-0.3, -0.25) is 0 Å². The molecule has 1 aromatic rings. The van der Waals surface area contributed by atoms with Crippen LogP contribution in [0.25, 0.3) is 0 Å². The number of nitrogens with one attached hydrogen (secondary N) is 1. The second-order valence-corrected chi connectivity index (χ2v) is 5.11. The van der Waals surface area contributed by atoms with Crippen LogP contribution in [0.4, 0.5) is 0 Å². The normalized spacial score (nSPS) is 20.3. The van der Waals surface area contributed by atoms with Crippen molar-refractivity contribution in [1.82, 2.24) is 5.32 Å². The Bertz CT molecular complexity index is 267. The lowest BCUT2D eigenvalue weighted by molar-refractivity contribution is 0.0813. The molecule has 1 fully saturated rings. The van der Waals surface area contributed by atoms with Crippen LogP contribution in [0.3, 0.4) is 0 Å². The van der Waals surface area contributed by atoms with Gasteiger partial charge >= 0.3 is 0 Å². The molecular weight excluding hydrogens is 206 g/mol. The van der Waals surface area contributed by atoms with Crippen LogP contribution in [0.5, 0.6) is 0 Å². The van der Waals surface area contributed by atoms with Crippen molar-refractivity contribution >= 4 is 11.3 Å². The topological polar surface area (TPSA) is 32.3 Å². The highest BCUT2D eigenvalue weighted by Gasteiger charge is 2.20. The highest BCUT2D eigenvalue weighted by Crippen LogP contribution is 2.20. The lowest BCUT2D eigenvalue weighted by Crippen LogP contribution is -2.34. The molecule has 1 unspecified atom stereocenters. The van der Waals surface area contributed by atoms with Gasteiger partial charge in [0, 0.05) is 0 Å². The Balaban J connectivity index is 1.74. The summed E-state index contributed by atoms with van der Waals surface area (Å²) >= 11 is 1.74. The second kappa shape index (κ2) is 5.64. The summed E-state index contributed by atoms with van der Waals surface area (Å²) in [4.78, 5) is 0. The van der Waals surface area contributed by atoms with Crippen molar-refractivity contribution in [2.45, 2.75) is 31.8 Å². The molecule has 0 spiro atoms. The van der Waals surface area contributed by atoms with E-state index in [0.29, 0.717) is 5.92 Å². The first-order valence-corrected chi connectivity index (χ1v) is 6.70. The SMILES string of the molecule is OC(CCc1ccsc1)C1CCNCC1. The van der Waals surface area contributed by atoms with Gasteiger partial charge in [0.1, 0.15) is 0 Å². The number of aliphatic hydroxyl groups excluding tert-OH is 1. The van der Waals surface area contributed by atoms with E-state index in [1.807, 2.05) is 0 Å². The van der Waals surface area contributed by atoms with Crippen molar-refractivity contribution in [3.63, 3.8) is 0 Å². The lowest BCUT2D eigenvalue weighted by atomic mass is 9.89. The Morgan fingerprint density at radius 1 is 1.47 bits per heavy atom. The van der Waals surface area contributed by atoms with Crippen LogP contribution >= 0.6 is 11.3 Å². The Kier molecular flexibility index (Phi) is 4.18. The molecule has 2 N–H and O–H groups in total. The van der Waals surface area contributed by atoms with Crippen LogP contribution in [-0.4, -0.2) is 24.3 Å². The maximum Gasteiger partial charge on any atom is 0.0572 e. The molecule has 3 heteroatoms. The quantitative estimate of drug-likeness (QED) is 0.822. The molecular formula is C12H19NOS. The van der Waals surface area contributed by atoms with Gasteiger partial charge in [0.25, 0.3) is 0 Å². The molecule has 0 radical (unpaired) electrons. The zero-order chi connectivity index (χ0) is 10.5. The molecule has 1 aliphatic heterocycles. The van der Waals surface area contributed by atoms with Gasteiger partial charge in [-0.05, 0) is 67.1 Å². The third-order valence-corrected chi connectivity index (χ3v) is 3.97. The van der Waals surface area contributed by atoms with Crippen molar-refractivity contribution in [3.8, 4) is 0 Å². The minimum absolute atomic E-state index is 0.105. The van der Waals surface area contributed by atoms with Crippen LogP contribution < -0.4 is 5.32 Å². The standard InChI is InChI=1S/C12H19NOS/c14-12(11-3-6-13-7-4-11)2-1-10-5-8-15-9-10/h5,8-9,11-14H,1-4,6-7H2. The van der Waals surface area contributed by atoms with Gasteiger partial charge in [0.05, 0.1) is 6.10 Å². The molecule has 0 aliphatic carbocycles. The molecule has 15 heavy (non-hydrogen) atoms. The largest absolute Gasteiger partial charge is 0.393 e. The first-order chi connectivity index (χ1) is 7.36. The Morgan fingerprint density at radius 3 is 2.93 bits per heavy atom. The molecule has 0 aromatic carbocycles. The fraction of sp³-hybridized carbons (Fsp3) is 0.667. The average molecular weight is 225 g/mol. The van der Waals surface area contributed by atoms with Crippen LogP contribution in [0.15, 0.2) is 16.8 Å². The molecule has 2 nitrogen and oxygen atoms in total. The van der Waals surface area contributed by atoms with E-state index in [1.165, 1.54) is 5.56 Å². The maximum atomic E-state index is 10.0. The first kappa shape index (κ1) is 11.1. The predicted octanol–water partition coefficient (Wildman–Crippen LogP) is 2.04. The second-order valence-electron chi connectivity index (χ2n) is 4.33.